The third-order valence-corrected chi connectivity index (χ3v) is 10.5. The van der Waals surface area contributed by atoms with Crippen LogP contribution in [0.2, 0.25) is 0 Å². The van der Waals surface area contributed by atoms with Gasteiger partial charge in [-0.05, 0) is 108 Å². The second kappa shape index (κ2) is 10.4. The smallest absolute Gasteiger partial charge is 0.136 e. The number of hydrogen-bond donors (Lipinski definition) is 0. The van der Waals surface area contributed by atoms with Gasteiger partial charge in [0, 0.05) is 21.5 Å². The van der Waals surface area contributed by atoms with Crippen LogP contribution in [-0.4, -0.2) is 0 Å². The van der Waals surface area contributed by atoms with Crippen LogP contribution in [0.3, 0.4) is 0 Å². The van der Waals surface area contributed by atoms with Crippen molar-refractivity contribution in [1.29, 1.82) is 0 Å². The lowest BCUT2D eigenvalue weighted by molar-refractivity contribution is 0.664. The molecule has 0 spiro atoms. The minimum absolute atomic E-state index is 0.865. The SMILES string of the molecule is c1ccc(-c2ccc3oc4cc5c(cc4c3c2)oc2ccc(-c3ccc(-c4ccc6c7ccccc7c7ccccc7c6c4)cc3)cc25)cc1. The number of hydrogen-bond acceptors (Lipinski definition) is 2. The van der Waals surface area contributed by atoms with Crippen LogP contribution in [0, 0.1) is 0 Å². The highest BCUT2D eigenvalue weighted by Crippen LogP contribution is 2.40. The molecule has 2 nitrogen and oxygen atoms in total. The first-order chi connectivity index (χ1) is 24.7. The van der Waals surface area contributed by atoms with E-state index in [9.17, 15) is 0 Å². The minimum Gasteiger partial charge on any atom is -0.456 e. The van der Waals surface area contributed by atoms with Crippen LogP contribution in [0.1, 0.15) is 0 Å². The minimum atomic E-state index is 0.865. The van der Waals surface area contributed by atoms with Gasteiger partial charge >= 0.3 is 0 Å². The Kier molecular flexibility index (Phi) is 5.70. The van der Waals surface area contributed by atoms with Crippen molar-refractivity contribution in [3.63, 3.8) is 0 Å². The lowest BCUT2D eigenvalue weighted by atomic mass is 9.92. The molecule has 232 valence electrons. The van der Waals surface area contributed by atoms with E-state index in [0.717, 1.165) is 49.4 Å². The maximum atomic E-state index is 6.41. The molecular formula is C48H28O2. The largest absolute Gasteiger partial charge is 0.456 e. The second-order valence-corrected chi connectivity index (χ2v) is 13.3. The van der Waals surface area contributed by atoms with Crippen LogP contribution in [0.15, 0.2) is 179 Å². The van der Waals surface area contributed by atoms with Crippen molar-refractivity contribution >= 4 is 76.2 Å². The van der Waals surface area contributed by atoms with Crippen molar-refractivity contribution < 1.29 is 8.83 Å². The maximum absolute atomic E-state index is 6.41. The van der Waals surface area contributed by atoms with Crippen molar-refractivity contribution in [2.24, 2.45) is 0 Å². The summed E-state index contributed by atoms with van der Waals surface area (Å²) in [5.41, 5.74) is 10.6. The summed E-state index contributed by atoms with van der Waals surface area (Å²) in [4.78, 5) is 0. The highest BCUT2D eigenvalue weighted by atomic mass is 16.3. The highest BCUT2D eigenvalue weighted by Gasteiger charge is 2.15. The third kappa shape index (κ3) is 4.09. The predicted molar refractivity (Wildman–Crippen MR) is 210 cm³/mol. The first-order valence-electron chi connectivity index (χ1n) is 17.1. The Bertz CT molecular complexity index is 3090. The molecule has 0 fully saturated rings. The number of furan rings is 2. The summed E-state index contributed by atoms with van der Waals surface area (Å²) in [6.45, 7) is 0. The lowest BCUT2D eigenvalue weighted by Crippen LogP contribution is -1.85. The van der Waals surface area contributed by atoms with Gasteiger partial charge in [0.1, 0.15) is 22.3 Å². The second-order valence-electron chi connectivity index (χ2n) is 13.3. The van der Waals surface area contributed by atoms with Crippen molar-refractivity contribution in [2.45, 2.75) is 0 Å². The monoisotopic (exact) mass is 636 g/mol. The van der Waals surface area contributed by atoms with E-state index in [1.165, 1.54) is 60.1 Å². The fourth-order valence-corrected chi connectivity index (χ4v) is 7.98. The molecule has 50 heavy (non-hydrogen) atoms. The summed E-state index contributed by atoms with van der Waals surface area (Å²) in [5, 5.41) is 12.1. The van der Waals surface area contributed by atoms with Crippen molar-refractivity contribution in [1.82, 2.24) is 0 Å². The van der Waals surface area contributed by atoms with Crippen LogP contribution in [-0.2, 0) is 0 Å². The van der Waals surface area contributed by atoms with Gasteiger partial charge in [-0.3, -0.25) is 0 Å². The fourth-order valence-electron chi connectivity index (χ4n) is 7.98. The van der Waals surface area contributed by atoms with E-state index in [-0.39, 0.29) is 0 Å². The molecule has 0 aliphatic rings. The van der Waals surface area contributed by atoms with Crippen LogP contribution in [0.4, 0.5) is 0 Å². The molecule has 0 saturated heterocycles. The van der Waals surface area contributed by atoms with E-state index in [4.69, 9.17) is 8.83 Å². The Hall–Kier alpha value is -6.64. The normalized spacial score (nSPS) is 12.0. The molecule has 0 atom stereocenters. The zero-order valence-electron chi connectivity index (χ0n) is 27.0. The first-order valence-corrected chi connectivity index (χ1v) is 17.1. The lowest BCUT2D eigenvalue weighted by Gasteiger charge is -2.12. The standard InChI is InChI=1S/C48H28O2/c1-2-8-29(9-3-1)33-19-22-45-41(25-33)43-27-48-44(28-47(43)49-45)42-26-34(20-23-46(42)50-48)31-16-14-30(15-17-31)32-18-21-39-37-12-5-4-10-35(37)36-11-6-7-13-38(36)40(39)24-32/h1-28H. The summed E-state index contributed by atoms with van der Waals surface area (Å²) in [7, 11) is 0. The summed E-state index contributed by atoms with van der Waals surface area (Å²) < 4.78 is 12.8. The van der Waals surface area contributed by atoms with Crippen molar-refractivity contribution in [3.05, 3.63) is 170 Å². The van der Waals surface area contributed by atoms with E-state index in [2.05, 4.69) is 164 Å². The zero-order valence-corrected chi connectivity index (χ0v) is 27.0. The maximum Gasteiger partial charge on any atom is 0.136 e. The molecule has 0 saturated carbocycles. The molecule has 0 radical (unpaired) electrons. The molecular weight excluding hydrogens is 609 g/mol. The molecule has 0 N–H and O–H groups in total. The van der Waals surface area contributed by atoms with E-state index in [0.29, 0.717) is 0 Å². The summed E-state index contributed by atoms with van der Waals surface area (Å²) >= 11 is 0. The Balaban J connectivity index is 0.980. The average molecular weight is 637 g/mol. The molecule has 0 aliphatic carbocycles. The van der Waals surface area contributed by atoms with E-state index in [1.807, 2.05) is 6.07 Å². The van der Waals surface area contributed by atoms with Crippen LogP contribution in [0.5, 0.6) is 0 Å². The quantitative estimate of drug-likeness (QED) is 0.180. The van der Waals surface area contributed by atoms with Crippen molar-refractivity contribution in [2.75, 3.05) is 0 Å². The van der Waals surface area contributed by atoms with Gasteiger partial charge in [-0.1, -0.05) is 127 Å². The Labute approximate surface area is 287 Å². The zero-order chi connectivity index (χ0) is 32.8. The van der Waals surface area contributed by atoms with Gasteiger partial charge < -0.3 is 8.83 Å². The first kappa shape index (κ1) is 27.3. The average Bonchev–Trinajstić information content (AvgIpc) is 3.73. The number of rotatable bonds is 3. The fraction of sp³-hybridized carbons (Fsp3) is 0. The van der Waals surface area contributed by atoms with Crippen LogP contribution >= 0.6 is 0 Å². The van der Waals surface area contributed by atoms with Gasteiger partial charge in [-0.2, -0.15) is 0 Å². The van der Waals surface area contributed by atoms with Crippen LogP contribution < -0.4 is 0 Å². The molecule has 2 aromatic heterocycles. The molecule has 9 aromatic carbocycles. The molecule has 0 aliphatic heterocycles. The molecule has 2 heteroatoms. The van der Waals surface area contributed by atoms with E-state index in [1.54, 1.807) is 0 Å². The Morgan fingerprint density at radius 1 is 0.200 bits per heavy atom. The van der Waals surface area contributed by atoms with Gasteiger partial charge in [-0.25, -0.2) is 0 Å². The Morgan fingerprint density at radius 3 is 1.04 bits per heavy atom. The predicted octanol–water partition coefficient (Wildman–Crippen LogP) is 13.9. The van der Waals surface area contributed by atoms with Gasteiger partial charge in [0.2, 0.25) is 0 Å². The third-order valence-electron chi connectivity index (χ3n) is 10.5. The van der Waals surface area contributed by atoms with E-state index < -0.39 is 0 Å². The molecule has 2 heterocycles. The Morgan fingerprint density at radius 2 is 0.540 bits per heavy atom. The summed E-state index contributed by atoms with van der Waals surface area (Å²) in [6, 6.07) is 60.9. The molecule has 0 unspecified atom stereocenters. The number of fused-ring (bicyclic) bond motifs is 12. The van der Waals surface area contributed by atoms with Gasteiger partial charge in [0.05, 0.1) is 0 Å². The van der Waals surface area contributed by atoms with Crippen LogP contribution in [0.25, 0.3) is 110 Å². The molecule has 11 aromatic rings. The molecule has 0 bridgehead atoms. The van der Waals surface area contributed by atoms with Gasteiger partial charge in [-0.15, -0.1) is 0 Å². The summed E-state index contributed by atoms with van der Waals surface area (Å²) in [6.07, 6.45) is 0. The summed E-state index contributed by atoms with van der Waals surface area (Å²) in [5.74, 6) is 0. The molecule has 11 rings (SSSR count). The number of benzene rings is 9. The van der Waals surface area contributed by atoms with E-state index >= 15 is 0 Å². The topological polar surface area (TPSA) is 26.3 Å². The van der Waals surface area contributed by atoms with Gasteiger partial charge in [0.15, 0.2) is 0 Å². The molecule has 0 amide bonds. The van der Waals surface area contributed by atoms with Crippen molar-refractivity contribution in [3.8, 4) is 33.4 Å². The highest BCUT2D eigenvalue weighted by molar-refractivity contribution is 6.25. The van der Waals surface area contributed by atoms with Gasteiger partial charge in [0.25, 0.3) is 0 Å².